The number of aromatic nitrogens is 1. The van der Waals surface area contributed by atoms with E-state index in [0.29, 0.717) is 42.6 Å². The molecule has 1 aromatic carbocycles. The van der Waals surface area contributed by atoms with E-state index in [9.17, 15) is 9.59 Å². The molecule has 0 spiro atoms. The van der Waals surface area contributed by atoms with Crippen LogP contribution in [0.25, 0.3) is 0 Å². The summed E-state index contributed by atoms with van der Waals surface area (Å²) in [6.07, 6.45) is 1.03. The molecule has 0 saturated carbocycles. The number of carbonyl (C=O) groups excluding carboxylic acids is 1. The minimum absolute atomic E-state index is 0.00705. The molecule has 2 aliphatic heterocycles. The molecule has 1 saturated heterocycles. The van der Waals surface area contributed by atoms with Gasteiger partial charge in [-0.15, -0.1) is 0 Å². The second-order valence-electron chi connectivity index (χ2n) is 6.98. The first-order valence-corrected chi connectivity index (χ1v) is 8.81. The van der Waals surface area contributed by atoms with Gasteiger partial charge in [-0.25, -0.2) is 0 Å². The van der Waals surface area contributed by atoms with Crippen LogP contribution < -0.4 is 15.0 Å². The molecule has 6 nitrogen and oxygen atoms in total. The Morgan fingerprint density at radius 3 is 2.62 bits per heavy atom. The number of nitrogens with zero attached hydrogens (tertiary/aromatic N) is 2. The third-order valence-electron chi connectivity index (χ3n) is 5.40. The molecule has 0 radical (unpaired) electrons. The molecular weight excluding hydrogens is 332 g/mol. The fourth-order valence-corrected chi connectivity index (χ4v) is 4.21. The fraction of sp³-hybridized carbons (Fsp3) is 0.400. The molecule has 1 fully saturated rings. The number of likely N-dealkylation sites (tertiary alicyclic amines) is 1. The number of methoxy groups -OCH3 is 2. The van der Waals surface area contributed by atoms with Crippen molar-refractivity contribution in [1.29, 1.82) is 0 Å². The van der Waals surface area contributed by atoms with E-state index in [-0.39, 0.29) is 17.4 Å². The molecule has 2 aliphatic rings. The lowest BCUT2D eigenvalue weighted by molar-refractivity contribution is 0.0594. The maximum absolute atomic E-state index is 13.0. The zero-order valence-corrected chi connectivity index (χ0v) is 15.0. The number of rotatable bonds is 3. The molecule has 4 rings (SSSR count). The van der Waals surface area contributed by atoms with Gasteiger partial charge in [-0.2, -0.15) is 0 Å². The van der Waals surface area contributed by atoms with E-state index >= 15 is 0 Å². The smallest absolute Gasteiger partial charge is 0.254 e. The standard InChI is InChI=1S/C20H22N2O4/c1-25-17-7-6-14(9-18(17)26-2)20(24)21-10-13-8-15(12-21)16-4-3-5-19(23)22(16)11-13/h3-7,9,13,15H,8,10-12H2,1-2H3/t13-,15+/m0/s1. The zero-order chi connectivity index (χ0) is 18.3. The van der Waals surface area contributed by atoms with Gasteiger partial charge >= 0.3 is 0 Å². The number of ether oxygens (including phenoxy) is 2. The first-order chi connectivity index (χ1) is 12.6. The van der Waals surface area contributed by atoms with Gasteiger partial charge in [-0.05, 0) is 36.6 Å². The van der Waals surface area contributed by atoms with Gasteiger partial charge in [-0.1, -0.05) is 6.07 Å². The minimum Gasteiger partial charge on any atom is -0.493 e. The van der Waals surface area contributed by atoms with Gasteiger partial charge in [0, 0.05) is 42.9 Å². The van der Waals surface area contributed by atoms with E-state index in [0.717, 1.165) is 12.1 Å². The summed E-state index contributed by atoms with van der Waals surface area (Å²) in [5, 5.41) is 0. The number of amides is 1. The Balaban J connectivity index is 1.61. The van der Waals surface area contributed by atoms with Gasteiger partial charge in [0.15, 0.2) is 11.5 Å². The van der Waals surface area contributed by atoms with Crippen LogP contribution in [-0.4, -0.2) is 42.7 Å². The average Bonchev–Trinajstić information content (AvgIpc) is 2.67. The number of pyridine rings is 1. The Kier molecular flexibility index (Phi) is 4.18. The topological polar surface area (TPSA) is 60.8 Å². The summed E-state index contributed by atoms with van der Waals surface area (Å²) in [6.45, 7) is 1.98. The van der Waals surface area contributed by atoms with Crippen LogP contribution in [0.1, 0.15) is 28.4 Å². The molecular formula is C20H22N2O4. The van der Waals surface area contributed by atoms with Crippen molar-refractivity contribution in [1.82, 2.24) is 9.47 Å². The molecule has 2 aromatic rings. The first-order valence-electron chi connectivity index (χ1n) is 8.81. The molecule has 2 atom stereocenters. The number of fused-ring (bicyclic) bond motifs is 4. The van der Waals surface area contributed by atoms with Crippen LogP contribution in [0.3, 0.4) is 0 Å². The van der Waals surface area contributed by atoms with Gasteiger partial charge in [0.05, 0.1) is 14.2 Å². The van der Waals surface area contributed by atoms with Gasteiger partial charge in [-0.3, -0.25) is 9.59 Å². The fourth-order valence-electron chi connectivity index (χ4n) is 4.21. The van der Waals surface area contributed by atoms with E-state index in [1.165, 1.54) is 0 Å². The average molecular weight is 354 g/mol. The first kappa shape index (κ1) is 16.7. The molecule has 0 unspecified atom stereocenters. The highest BCUT2D eigenvalue weighted by atomic mass is 16.5. The van der Waals surface area contributed by atoms with E-state index in [4.69, 9.17) is 9.47 Å². The normalized spacial score (nSPS) is 21.1. The van der Waals surface area contributed by atoms with Crippen LogP contribution in [0.15, 0.2) is 41.2 Å². The molecule has 3 heterocycles. The van der Waals surface area contributed by atoms with Crippen molar-refractivity contribution in [2.75, 3.05) is 27.3 Å². The Bertz CT molecular complexity index is 905. The highest BCUT2D eigenvalue weighted by molar-refractivity contribution is 5.95. The Hall–Kier alpha value is -2.76. The number of piperidine rings is 1. The van der Waals surface area contributed by atoms with Crippen LogP contribution in [0.5, 0.6) is 11.5 Å². The zero-order valence-electron chi connectivity index (χ0n) is 15.0. The van der Waals surface area contributed by atoms with Crippen LogP contribution in [0.4, 0.5) is 0 Å². The molecule has 26 heavy (non-hydrogen) atoms. The number of hydrogen-bond acceptors (Lipinski definition) is 4. The largest absolute Gasteiger partial charge is 0.493 e. The number of hydrogen-bond donors (Lipinski definition) is 0. The van der Waals surface area contributed by atoms with Crippen molar-refractivity contribution in [2.24, 2.45) is 5.92 Å². The summed E-state index contributed by atoms with van der Waals surface area (Å²) in [7, 11) is 3.14. The van der Waals surface area contributed by atoms with Crippen molar-refractivity contribution in [3.63, 3.8) is 0 Å². The summed E-state index contributed by atoms with van der Waals surface area (Å²) in [4.78, 5) is 27.1. The van der Waals surface area contributed by atoms with Crippen molar-refractivity contribution in [3.05, 3.63) is 58.0 Å². The highest BCUT2D eigenvalue weighted by Gasteiger charge is 2.36. The van der Waals surface area contributed by atoms with E-state index in [1.807, 2.05) is 21.6 Å². The number of benzene rings is 1. The molecule has 1 aromatic heterocycles. The maximum atomic E-state index is 13.0. The highest BCUT2D eigenvalue weighted by Crippen LogP contribution is 2.36. The van der Waals surface area contributed by atoms with Gasteiger partial charge in [0.25, 0.3) is 11.5 Å². The molecule has 6 heteroatoms. The quantitative estimate of drug-likeness (QED) is 0.847. The second-order valence-corrected chi connectivity index (χ2v) is 6.98. The van der Waals surface area contributed by atoms with Gasteiger partial charge in [0.2, 0.25) is 0 Å². The predicted octanol–water partition coefficient (Wildman–Crippen LogP) is 2.12. The third-order valence-corrected chi connectivity index (χ3v) is 5.40. The van der Waals surface area contributed by atoms with Crippen molar-refractivity contribution in [3.8, 4) is 11.5 Å². The third kappa shape index (κ3) is 2.75. The van der Waals surface area contributed by atoms with Gasteiger partial charge < -0.3 is 18.9 Å². The lowest BCUT2D eigenvalue weighted by atomic mass is 9.83. The van der Waals surface area contributed by atoms with E-state index < -0.39 is 0 Å². The van der Waals surface area contributed by atoms with Crippen LogP contribution in [-0.2, 0) is 6.54 Å². The molecule has 1 amide bonds. The SMILES string of the molecule is COc1ccc(C(=O)N2C[C@@H]3C[C@H](C2)c2cccc(=O)n2C3)cc1OC. The lowest BCUT2D eigenvalue weighted by Gasteiger charge is -2.42. The molecule has 0 aliphatic carbocycles. The van der Waals surface area contributed by atoms with E-state index in [1.54, 1.807) is 38.5 Å². The Morgan fingerprint density at radius 1 is 1.04 bits per heavy atom. The van der Waals surface area contributed by atoms with Crippen LogP contribution in [0, 0.1) is 5.92 Å². The minimum atomic E-state index is -0.00705. The summed E-state index contributed by atoms with van der Waals surface area (Å²) in [5.74, 6) is 1.67. The monoisotopic (exact) mass is 354 g/mol. The Morgan fingerprint density at radius 2 is 1.85 bits per heavy atom. The van der Waals surface area contributed by atoms with Crippen LogP contribution >= 0.6 is 0 Å². The van der Waals surface area contributed by atoms with Gasteiger partial charge in [0.1, 0.15) is 0 Å². The summed E-state index contributed by atoms with van der Waals surface area (Å²) in [6, 6.07) is 10.7. The summed E-state index contributed by atoms with van der Waals surface area (Å²) >= 11 is 0. The lowest BCUT2D eigenvalue weighted by Crippen LogP contribution is -2.49. The van der Waals surface area contributed by atoms with Crippen LogP contribution in [0.2, 0.25) is 0 Å². The summed E-state index contributed by atoms with van der Waals surface area (Å²) in [5.41, 5.74) is 1.68. The molecule has 0 N–H and O–H groups in total. The Labute approximate surface area is 152 Å². The maximum Gasteiger partial charge on any atom is 0.254 e. The second kappa shape index (κ2) is 6.52. The molecule has 136 valence electrons. The van der Waals surface area contributed by atoms with Crippen molar-refractivity contribution < 1.29 is 14.3 Å². The number of carbonyl (C=O) groups is 1. The van der Waals surface area contributed by atoms with Crippen molar-refractivity contribution in [2.45, 2.75) is 18.9 Å². The van der Waals surface area contributed by atoms with E-state index in [2.05, 4.69) is 0 Å². The summed E-state index contributed by atoms with van der Waals surface area (Å²) < 4.78 is 12.4. The predicted molar refractivity (Wildman–Crippen MR) is 97.0 cm³/mol. The molecule has 2 bridgehead atoms. The van der Waals surface area contributed by atoms with Crippen molar-refractivity contribution >= 4 is 5.91 Å².